The highest BCUT2D eigenvalue weighted by Crippen LogP contribution is 2.19. The summed E-state index contributed by atoms with van der Waals surface area (Å²) >= 11 is 0. The van der Waals surface area contributed by atoms with E-state index in [0.717, 1.165) is 11.0 Å². The number of hydrogen-bond acceptors (Lipinski definition) is 3. The van der Waals surface area contributed by atoms with Gasteiger partial charge in [-0.2, -0.15) is 0 Å². The molecule has 1 heterocycles. The SMILES string of the molecule is CN(C)CC(=O)c1cc2ccccc2o1. The zero-order valence-electron chi connectivity index (χ0n) is 8.86. The van der Waals surface area contributed by atoms with E-state index >= 15 is 0 Å². The molecule has 0 amide bonds. The smallest absolute Gasteiger partial charge is 0.211 e. The van der Waals surface area contributed by atoms with Gasteiger partial charge in [-0.25, -0.2) is 0 Å². The van der Waals surface area contributed by atoms with Crippen molar-refractivity contribution in [1.29, 1.82) is 0 Å². The highest BCUT2D eigenvalue weighted by Gasteiger charge is 2.12. The number of para-hydroxylation sites is 1. The Labute approximate surface area is 88.3 Å². The lowest BCUT2D eigenvalue weighted by atomic mass is 10.2. The molecule has 0 aliphatic heterocycles. The van der Waals surface area contributed by atoms with Crippen LogP contribution in [-0.4, -0.2) is 31.3 Å². The van der Waals surface area contributed by atoms with E-state index in [1.165, 1.54) is 0 Å². The van der Waals surface area contributed by atoms with Crippen LogP contribution in [0.2, 0.25) is 0 Å². The predicted octanol–water partition coefficient (Wildman–Crippen LogP) is 2.18. The molecule has 2 rings (SSSR count). The zero-order chi connectivity index (χ0) is 10.8. The zero-order valence-corrected chi connectivity index (χ0v) is 8.86. The maximum absolute atomic E-state index is 11.7. The number of benzene rings is 1. The molecule has 3 heteroatoms. The Morgan fingerprint density at radius 3 is 2.73 bits per heavy atom. The van der Waals surface area contributed by atoms with Crippen molar-refractivity contribution in [3.8, 4) is 0 Å². The average molecular weight is 203 g/mol. The van der Waals surface area contributed by atoms with Gasteiger partial charge in [-0.15, -0.1) is 0 Å². The van der Waals surface area contributed by atoms with Crippen LogP contribution in [0.25, 0.3) is 11.0 Å². The summed E-state index contributed by atoms with van der Waals surface area (Å²) in [7, 11) is 3.72. The number of fused-ring (bicyclic) bond motifs is 1. The number of rotatable bonds is 3. The summed E-state index contributed by atoms with van der Waals surface area (Å²) in [6, 6.07) is 9.41. The van der Waals surface area contributed by atoms with Gasteiger partial charge in [-0.3, -0.25) is 4.79 Å². The van der Waals surface area contributed by atoms with Crippen LogP contribution >= 0.6 is 0 Å². The third-order valence-corrected chi connectivity index (χ3v) is 2.16. The number of furan rings is 1. The Balaban J connectivity index is 2.32. The van der Waals surface area contributed by atoms with Crippen LogP contribution in [0.3, 0.4) is 0 Å². The Morgan fingerprint density at radius 1 is 1.33 bits per heavy atom. The van der Waals surface area contributed by atoms with E-state index in [4.69, 9.17) is 4.42 Å². The van der Waals surface area contributed by atoms with E-state index in [0.29, 0.717) is 12.3 Å². The van der Waals surface area contributed by atoms with Gasteiger partial charge in [0.05, 0.1) is 6.54 Å². The molecule has 0 saturated carbocycles. The van der Waals surface area contributed by atoms with Gasteiger partial charge in [0.1, 0.15) is 5.58 Å². The monoisotopic (exact) mass is 203 g/mol. The normalized spacial score (nSPS) is 11.1. The van der Waals surface area contributed by atoms with E-state index in [9.17, 15) is 4.79 Å². The minimum absolute atomic E-state index is 0.0104. The minimum Gasteiger partial charge on any atom is -0.453 e. The maximum atomic E-state index is 11.7. The molecular formula is C12H13NO2. The second kappa shape index (κ2) is 3.87. The Morgan fingerprint density at radius 2 is 2.07 bits per heavy atom. The summed E-state index contributed by atoms with van der Waals surface area (Å²) in [6.07, 6.45) is 0. The highest BCUT2D eigenvalue weighted by atomic mass is 16.3. The first-order valence-corrected chi connectivity index (χ1v) is 4.83. The molecule has 0 aliphatic carbocycles. The van der Waals surface area contributed by atoms with Crippen LogP contribution in [0.5, 0.6) is 0 Å². The lowest BCUT2D eigenvalue weighted by Gasteiger charge is -2.05. The van der Waals surface area contributed by atoms with E-state index in [1.807, 2.05) is 43.3 Å². The number of carbonyl (C=O) groups is 1. The van der Waals surface area contributed by atoms with Gasteiger partial charge in [-0.1, -0.05) is 18.2 Å². The van der Waals surface area contributed by atoms with E-state index in [1.54, 1.807) is 6.07 Å². The van der Waals surface area contributed by atoms with Gasteiger partial charge in [0.25, 0.3) is 0 Å². The molecule has 0 atom stereocenters. The molecule has 0 unspecified atom stereocenters. The summed E-state index contributed by atoms with van der Waals surface area (Å²) in [6.45, 7) is 0.375. The van der Waals surface area contributed by atoms with Crippen molar-refractivity contribution >= 4 is 16.8 Å². The summed E-state index contributed by atoms with van der Waals surface area (Å²) in [4.78, 5) is 13.5. The van der Waals surface area contributed by atoms with Crippen molar-refractivity contribution < 1.29 is 9.21 Å². The average Bonchev–Trinajstić information content (AvgIpc) is 2.59. The molecule has 0 saturated heterocycles. The van der Waals surface area contributed by atoms with Crippen LogP contribution in [0, 0.1) is 0 Å². The molecule has 0 N–H and O–H groups in total. The van der Waals surface area contributed by atoms with Crippen molar-refractivity contribution in [3.63, 3.8) is 0 Å². The van der Waals surface area contributed by atoms with Crippen molar-refractivity contribution in [1.82, 2.24) is 4.90 Å². The number of nitrogens with zero attached hydrogens (tertiary/aromatic N) is 1. The molecule has 0 aliphatic rings. The number of carbonyl (C=O) groups excluding carboxylic acids is 1. The molecule has 15 heavy (non-hydrogen) atoms. The molecule has 78 valence electrons. The number of ketones is 1. The first-order chi connectivity index (χ1) is 7.16. The van der Waals surface area contributed by atoms with Crippen molar-refractivity contribution in [3.05, 3.63) is 36.1 Å². The van der Waals surface area contributed by atoms with Crippen LogP contribution < -0.4 is 0 Å². The van der Waals surface area contributed by atoms with Gasteiger partial charge in [0, 0.05) is 5.39 Å². The number of hydrogen-bond donors (Lipinski definition) is 0. The lowest BCUT2D eigenvalue weighted by molar-refractivity contribution is 0.0933. The summed E-state index contributed by atoms with van der Waals surface area (Å²) in [5, 5.41) is 0.972. The van der Waals surface area contributed by atoms with Crippen molar-refractivity contribution in [2.24, 2.45) is 0 Å². The molecule has 0 radical (unpaired) electrons. The van der Waals surface area contributed by atoms with Gasteiger partial charge < -0.3 is 9.32 Å². The van der Waals surface area contributed by atoms with Crippen LogP contribution in [-0.2, 0) is 0 Å². The highest BCUT2D eigenvalue weighted by molar-refractivity contribution is 5.98. The first kappa shape index (κ1) is 9.93. The molecule has 0 fully saturated rings. The van der Waals surface area contributed by atoms with Gasteiger partial charge >= 0.3 is 0 Å². The summed E-state index contributed by atoms with van der Waals surface area (Å²) in [5.74, 6) is 0.445. The van der Waals surface area contributed by atoms with Crippen LogP contribution in [0.4, 0.5) is 0 Å². The maximum Gasteiger partial charge on any atom is 0.211 e. The second-order valence-corrected chi connectivity index (χ2v) is 3.81. The van der Waals surface area contributed by atoms with E-state index in [2.05, 4.69) is 0 Å². The number of likely N-dealkylation sites (N-methyl/N-ethyl adjacent to an activating group) is 1. The van der Waals surface area contributed by atoms with Crippen molar-refractivity contribution in [2.75, 3.05) is 20.6 Å². The fraction of sp³-hybridized carbons (Fsp3) is 0.250. The van der Waals surface area contributed by atoms with Crippen molar-refractivity contribution in [2.45, 2.75) is 0 Å². The molecule has 3 nitrogen and oxygen atoms in total. The topological polar surface area (TPSA) is 33.5 Å². The van der Waals surface area contributed by atoms with E-state index < -0.39 is 0 Å². The molecular weight excluding hydrogens is 190 g/mol. The molecule has 1 aromatic carbocycles. The third-order valence-electron chi connectivity index (χ3n) is 2.16. The van der Waals surface area contributed by atoms with Gasteiger partial charge in [-0.05, 0) is 26.2 Å². The van der Waals surface area contributed by atoms with Crippen LogP contribution in [0.1, 0.15) is 10.6 Å². The first-order valence-electron chi connectivity index (χ1n) is 4.83. The fourth-order valence-electron chi connectivity index (χ4n) is 1.48. The molecule has 1 aromatic heterocycles. The van der Waals surface area contributed by atoms with Gasteiger partial charge in [0.2, 0.25) is 5.78 Å². The Bertz CT molecular complexity index is 452. The summed E-state index contributed by atoms with van der Waals surface area (Å²) < 4.78 is 5.45. The quantitative estimate of drug-likeness (QED) is 0.717. The van der Waals surface area contributed by atoms with Gasteiger partial charge in [0.15, 0.2) is 5.76 Å². The Kier molecular flexibility index (Phi) is 2.56. The number of Topliss-reactive ketones (excluding diaryl/α,β-unsaturated/α-hetero) is 1. The largest absolute Gasteiger partial charge is 0.453 e. The molecule has 0 bridgehead atoms. The van der Waals surface area contributed by atoms with E-state index in [-0.39, 0.29) is 5.78 Å². The molecule has 0 spiro atoms. The second-order valence-electron chi connectivity index (χ2n) is 3.81. The lowest BCUT2D eigenvalue weighted by Crippen LogP contribution is -2.21. The standard InChI is InChI=1S/C12H13NO2/c1-13(2)8-10(14)12-7-9-5-3-4-6-11(9)15-12/h3-7H,8H2,1-2H3. The Hall–Kier alpha value is -1.61. The minimum atomic E-state index is 0.0104. The summed E-state index contributed by atoms with van der Waals surface area (Å²) in [5.41, 5.74) is 0.764. The van der Waals surface area contributed by atoms with Crippen LogP contribution in [0.15, 0.2) is 34.7 Å². The third kappa shape index (κ3) is 2.07. The molecule has 2 aromatic rings. The predicted molar refractivity (Wildman–Crippen MR) is 59.1 cm³/mol. The fourth-order valence-corrected chi connectivity index (χ4v) is 1.48.